The minimum Gasteiger partial charge on any atom is -0.473 e. The molecule has 1 heterocycles. The Hall–Kier alpha value is -2.04. The molecule has 0 unspecified atom stereocenters. The minimum atomic E-state index is -1.23. The number of hydrogen-bond donors (Lipinski definition) is 0. The van der Waals surface area contributed by atoms with Crippen LogP contribution in [0.3, 0.4) is 0 Å². The zero-order valence-corrected chi connectivity index (χ0v) is 12.8. The summed E-state index contributed by atoms with van der Waals surface area (Å²) < 4.78 is 45.1. The van der Waals surface area contributed by atoms with Crippen LogP contribution in [0.15, 0.2) is 30.5 Å². The molecule has 0 atom stereocenters. The Labute approximate surface area is 128 Å². The summed E-state index contributed by atoms with van der Waals surface area (Å²) in [7, 11) is 0. The summed E-state index contributed by atoms with van der Waals surface area (Å²) in [4.78, 5) is 4.03. The van der Waals surface area contributed by atoms with E-state index in [-0.39, 0.29) is 17.6 Å². The van der Waals surface area contributed by atoms with Crippen LogP contribution in [-0.4, -0.2) is 4.98 Å². The van der Waals surface area contributed by atoms with E-state index in [9.17, 15) is 13.2 Å². The van der Waals surface area contributed by atoms with E-state index in [1.807, 2.05) is 6.07 Å². The van der Waals surface area contributed by atoms with E-state index in [2.05, 4.69) is 25.8 Å². The molecule has 0 fully saturated rings. The summed E-state index contributed by atoms with van der Waals surface area (Å²) in [5.74, 6) is -2.88. The standard InChI is InChI=1S/C17H18F3NO/c1-17(2,3)9-11-4-5-21-15(6-11)22-10-12-7-13(18)8-14(19)16(12)20/h4-8H,9-10H2,1-3H3. The molecule has 118 valence electrons. The first-order valence-electron chi connectivity index (χ1n) is 6.96. The highest BCUT2D eigenvalue weighted by atomic mass is 19.2. The fourth-order valence-corrected chi connectivity index (χ4v) is 2.12. The average molecular weight is 309 g/mol. The highest BCUT2D eigenvalue weighted by Gasteiger charge is 2.14. The van der Waals surface area contributed by atoms with Crippen LogP contribution in [0.25, 0.3) is 0 Å². The summed E-state index contributed by atoms with van der Waals surface area (Å²) in [6.45, 7) is 6.04. The predicted molar refractivity (Wildman–Crippen MR) is 78.0 cm³/mol. The maximum atomic E-state index is 13.5. The molecule has 0 aliphatic heterocycles. The van der Waals surface area contributed by atoms with Gasteiger partial charge in [0.15, 0.2) is 11.6 Å². The molecule has 0 aliphatic rings. The molecule has 22 heavy (non-hydrogen) atoms. The Kier molecular flexibility index (Phi) is 4.74. The van der Waals surface area contributed by atoms with Crippen LogP contribution in [0.2, 0.25) is 0 Å². The van der Waals surface area contributed by atoms with Crippen LogP contribution in [0.4, 0.5) is 13.2 Å². The van der Waals surface area contributed by atoms with Gasteiger partial charge < -0.3 is 4.74 Å². The van der Waals surface area contributed by atoms with Gasteiger partial charge >= 0.3 is 0 Å². The molecule has 0 N–H and O–H groups in total. The second-order valence-electron chi connectivity index (χ2n) is 6.39. The van der Waals surface area contributed by atoms with Crippen molar-refractivity contribution in [2.75, 3.05) is 0 Å². The molecule has 0 spiro atoms. The maximum absolute atomic E-state index is 13.5. The van der Waals surface area contributed by atoms with Crippen molar-refractivity contribution in [2.24, 2.45) is 5.41 Å². The second kappa shape index (κ2) is 6.38. The Bertz CT molecular complexity index is 665. The van der Waals surface area contributed by atoms with E-state index in [1.165, 1.54) is 0 Å². The van der Waals surface area contributed by atoms with Gasteiger partial charge in [0.05, 0.1) is 0 Å². The summed E-state index contributed by atoms with van der Waals surface area (Å²) in [6, 6.07) is 5.04. The van der Waals surface area contributed by atoms with Crippen LogP contribution in [0.5, 0.6) is 5.88 Å². The first-order chi connectivity index (χ1) is 10.2. The topological polar surface area (TPSA) is 22.1 Å². The van der Waals surface area contributed by atoms with Crippen molar-refractivity contribution in [3.05, 3.63) is 59.0 Å². The molecule has 2 nitrogen and oxygen atoms in total. The third-order valence-corrected chi connectivity index (χ3v) is 2.98. The monoisotopic (exact) mass is 309 g/mol. The number of ether oxygens (including phenoxy) is 1. The SMILES string of the molecule is CC(C)(C)Cc1ccnc(OCc2cc(F)cc(F)c2F)c1. The first-order valence-corrected chi connectivity index (χ1v) is 6.96. The molecule has 0 saturated heterocycles. The minimum absolute atomic E-state index is 0.108. The van der Waals surface area contributed by atoms with E-state index in [1.54, 1.807) is 12.3 Å². The zero-order valence-electron chi connectivity index (χ0n) is 12.8. The van der Waals surface area contributed by atoms with E-state index in [0.717, 1.165) is 18.1 Å². The Balaban J connectivity index is 2.11. The lowest BCUT2D eigenvalue weighted by molar-refractivity contribution is 0.284. The molecular weight excluding hydrogens is 291 g/mol. The molecule has 2 aromatic rings. The van der Waals surface area contributed by atoms with Crippen LogP contribution in [0, 0.1) is 22.9 Å². The highest BCUT2D eigenvalue weighted by molar-refractivity contribution is 5.23. The molecule has 2 rings (SSSR count). The van der Waals surface area contributed by atoms with Gasteiger partial charge in [0, 0.05) is 23.9 Å². The summed E-state index contributed by atoms with van der Waals surface area (Å²) in [5, 5.41) is 0. The van der Waals surface area contributed by atoms with Crippen molar-refractivity contribution in [1.29, 1.82) is 0 Å². The maximum Gasteiger partial charge on any atom is 0.213 e. The van der Waals surface area contributed by atoms with Crippen LogP contribution in [-0.2, 0) is 13.0 Å². The van der Waals surface area contributed by atoms with E-state index in [4.69, 9.17) is 4.74 Å². The highest BCUT2D eigenvalue weighted by Crippen LogP contribution is 2.23. The van der Waals surface area contributed by atoms with Gasteiger partial charge in [-0.2, -0.15) is 0 Å². The van der Waals surface area contributed by atoms with Gasteiger partial charge in [-0.1, -0.05) is 20.8 Å². The van der Waals surface area contributed by atoms with Crippen LogP contribution >= 0.6 is 0 Å². The number of halogens is 3. The van der Waals surface area contributed by atoms with Crippen molar-refractivity contribution in [1.82, 2.24) is 4.98 Å². The third-order valence-electron chi connectivity index (χ3n) is 2.98. The number of pyridine rings is 1. The Morgan fingerprint density at radius 1 is 1.09 bits per heavy atom. The molecule has 0 saturated carbocycles. The normalized spacial score (nSPS) is 11.5. The number of rotatable bonds is 4. The number of aromatic nitrogens is 1. The van der Waals surface area contributed by atoms with Gasteiger partial charge in [-0.25, -0.2) is 18.2 Å². The largest absolute Gasteiger partial charge is 0.473 e. The van der Waals surface area contributed by atoms with E-state index in [0.29, 0.717) is 11.9 Å². The van der Waals surface area contributed by atoms with Gasteiger partial charge in [0.25, 0.3) is 0 Å². The fourth-order valence-electron chi connectivity index (χ4n) is 2.12. The first kappa shape index (κ1) is 16.3. The van der Waals surface area contributed by atoms with Gasteiger partial charge in [0.1, 0.15) is 12.4 Å². The molecule has 0 radical (unpaired) electrons. The lowest BCUT2D eigenvalue weighted by Crippen LogP contribution is -2.09. The van der Waals surface area contributed by atoms with Gasteiger partial charge in [-0.15, -0.1) is 0 Å². The van der Waals surface area contributed by atoms with Gasteiger partial charge in [0.2, 0.25) is 5.88 Å². The van der Waals surface area contributed by atoms with Crippen molar-refractivity contribution < 1.29 is 17.9 Å². The lowest BCUT2D eigenvalue weighted by Gasteiger charge is -2.18. The summed E-state index contributed by atoms with van der Waals surface area (Å²) >= 11 is 0. The molecular formula is C17H18F3NO. The smallest absolute Gasteiger partial charge is 0.213 e. The van der Waals surface area contributed by atoms with Crippen LogP contribution in [0.1, 0.15) is 31.9 Å². The quantitative estimate of drug-likeness (QED) is 0.766. The van der Waals surface area contributed by atoms with Crippen molar-refractivity contribution in [3.8, 4) is 5.88 Å². The van der Waals surface area contributed by atoms with Crippen molar-refractivity contribution in [3.63, 3.8) is 0 Å². The Morgan fingerprint density at radius 2 is 1.82 bits per heavy atom. The zero-order chi connectivity index (χ0) is 16.3. The van der Waals surface area contributed by atoms with Crippen molar-refractivity contribution in [2.45, 2.75) is 33.8 Å². The molecule has 0 bridgehead atoms. The Morgan fingerprint density at radius 3 is 2.50 bits per heavy atom. The number of nitrogens with zero attached hydrogens (tertiary/aromatic N) is 1. The molecule has 1 aromatic carbocycles. The summed E-state index contributed by atoms with van der Waals surface area (Å²) in [5.41, 5.74) is 0.958. The van der Waals surface area contributed by atoms with Gasteiger partial charge in [-0.05, 0) is 29.5 Å². The molecule has 5 heteroatoms. The lowest BCUT2D eigenvalue weighted by atomic mass is 9.88. The van der Waals surface area contributed by atoms with Gasteiger partial charge in [-0.3, -0.25) is 0 Å². The van der Waals surface area contributed by atoms with E-state index >= 15 is 0 Å². The molecule has 0 amide bonds. The fraction of sp³-hybridized carbons (Fsp3) is 0.353. The third kappa shape index (κ3) is 4.48. The van der Waals surface area contributed by atoms with Crippen LogP contribution < -0.4 is 4.74 Å². The molecule has 1 aromatic heterocycles. The number of benzene rings is 1. The molecule has 0 aliphatic carbocycles. The number of hydrogen-bond acceptors (Lipinski definition) is 2. The van der Waals surface area contributed by atoms with Crippen molar-refractivity contribution >= 4 is 0 Å². The summed E-state index contributed by atoms with van der Waals surface area (Å²) in [6.07, 6.45) is 2.42. The van der Waals surface area contributed by atoms with E-state index < -0.39 is 17.5 Å². The average Bonchev–Trinajstić information content (AvgIpc) is 2.39. The second-order valence-corrected chi connectivity index (χ2v) is 6.39. The predicted octanol–water partition coefficient (Wildman–Crippen LogP) is 4.67.